The predicted octanol–water partition coefficient (Wildman–Crippen LogP) is 1.48. The zero-order valence-electron chi connectivity index (χ0n) is 9.24. The maximum atomic E-state index is 12.4. The average Bonchev–Trinajstić information content (AvgIpc) is 2.27. The van der Waals surface area contributed by atoms with Gasteiger partial charge in [0.25, 0.3) is 0 Å². The zero-order chi connectivity index (χ0) is 13.6. The molecule has 2 N–H and O–H groups in total. The van der Waals surface area contributed by atoms with Crippen molar-refractivity contribution >= 4 is 15.7 Å². The van der Waals surface area contributed by atoms with Gasteiger partial charge < -0.3 is 5.73 Å². The molecule has 0 spiro atoms. The summed E-state index contributed by atoms with van der Waals surface area (Å²) < 4.78 is 60.2. The third-order valence-electron chi connectivity index (χ3n) is 2.90. The number of benzene rings is 1. The summed E-state index contributed by atoms with van der Waals surface area (Å²) in [6.07, 6.45) is 0.192. The van der Waals surface area contributed by atoms with E-state index < -0.39 is 15.5 Å². The largest absolute Gasteiger partial charge is 0.511 e. The van der Waals surface area contributed by atoms with Crippen molar-refractivity contribution in [1.29, 1.82) is 0 Å². The van der Waals surface area contributed by atoms with E-state index in [4.69, 9.17) is 5.73 Å². The lowest BCUT2D eigenvalue weighted by atomic mass is 9.99. The van der Waals surface area contributed by atoms with Crippen LogP contribution in [-0.2, 0) is 23.0 Å². The summed E-state index contributed by atoms with van der Waals surface area (Å²) in [5, 5.41) is 0. The fourth-order valence-electron chi connectivity index (χ4n) is 1.96. The molecule has 0 saturated carbocycles. The van der Waals surface area contributed by atoms with Crippen LogP contribution < -0.4 is 5.73 Å². The Balaban J connectivity index is 2.34. The van der Waals surface area contributed by atoms with Gasteiger partial charge in [-0.25, -0.2) is 8.42 Å². The molecule has 1 aliphatic rings. The number of hydrogen-bond acceptors (Lipinski definition) is 3. The molecule has 18 heavy (non-hydrogen) atoms. The first-order valence-electron chi connectivity index (χ1n) is 5.16. The van der Waals surface area contributed by atoms with Crippen LogP contribution in [0.3, 0.4) is 0 Å². The molecule has 1 heterocycles. The average molecular weight is 280 g/mol. The SMILES string of the molecule is Nc1cccc2c1CCN(S(=O)(=O)C(F)(F)F)C2. The first-order valence-corrected chi connectivity index (χ1v) is 6.60. The lowest BCUT2D eigenvalue weighted by Gasteiger charge is -2.29. The maximum Gasteiger partial charge on any atom is 0.511 e. The van der Waals surface area contributed by atoms with E-state index in [0.717, 1.165) is 5.56 Å². The molecule has 1 aromatic rings. The summed E-state index contributed by atoms with van der Waals surface area (Å²) in [6.45, 7) is -0.495. The van der Waals surface area contributed by atoms with Gasteiger partial charge in [-0.05, 0) is 23.6 Å². The summed E-state index contributed by atoms with van der Waals surface area (Å²) in [4.78, 5) is 0. The second kappa shape index (κ2) is 4.13. The van der Waals surface area contributed by atoms with Gasteiger partial charge in [0, 0.05) is 18.8 Å². The molecule has 4 nitrogen and oxygen atoms in total. The topological polar surface area (TPSA) is 63.4 Å². The van der Waals surface area contributed by atoms with E-state index in [2.05, 4.69) is 0 Å². The van der Waals surface area contributed by atoms with E-state index in [1.807, 2.05) is 0 Å². The third kappa shape index (κ3) is 2.05. The Bertz CT molecular complexity index is 569. The Morgan fingerprint density at radius 2 is 1.94 bits per heavy atom. The van der Waals surface area contributed by atoms with E-state index in [9.17, 15) is 21.6 Å². The van der Waals surface area contributed by atoms with Gasteiger partial charge in [0.1, 0.15) is 0 Å². The van der Waals surface area contributed by atoms with Crippen LogP contribution >= 0.6 is 0 Å². The molecular weight excluding hydrogens is 269 g/mol. The van der Waals surface area contributed by atoms with Crippen LogP contribution in [-0.4, -0.2) is 24.8 Å². The number of hydrogen-bond donors (Lipinski definition) is 1. The van der Waals surface area contributed by atoms with Crippen LogP contribution in [0, 0.1) is 0 Å². The van der Waals surface area contributed by atoms with Gasteiger partial charge in [-0.3, -0.25) is 0 Å². The molecule has 2 rings (SSSR count). The summed E-state index contributed by atoms with van der Waals surface area (Å²) >= 11 is 0. The fourth-order valence-corrected chi connectivity index (χ4v) is 2.90. The highest BCUT2D eigenvalue weighted by Crippen LogP contribution is 2.32. The van der Waals surface area contributed by atoms with Crippen LogP contribution in [0.5, 0.6) is 0 Å². The van der Waals surface area contributed by atoms with Crippen LogP contribution in [0.15, 0.2) is 18.2 Å². The van der Waals surface area contributed by atoms with Gasteiger partial charge in [0.15, 0.2) is 0 Å². The van der Waals surface area contributed by atoms with Crippen molar-refractivity contribution in [2.45, 2.75) is 18.5 Å². The Morgan fingerprint density at radius 1 is 1.28 bits per heavy atom. The number of anilines is 1. The van der Waals surface area contributed by atoms with Crippen LogP contribution in [0.2, 0.25) is 0 Å². The lowest BCUT2D eigenvalue weighted by Crippen LogP contribution is -2.43. The molecule has 0 atom stereocenters. The third-order valence-corrected chi connectivity index (χ3v) is 4.48. The van der Waals surface area contributed by atoms with E-state index in [1.54, 1.807) is 18.2 Å². The number of nitrogens with zero attached hydrogens (tertiary/aromatic N) is 1. The number of nitrogen functional groups attached to an aromatic ring is 1. The molecule has 1 aromatic carbocycles. The highest BCUT2D eigenvalue weighted by Gasteiger charge is 2.50. The first-order chi connectivity index (χ1) is 8.23. The van der Waals surface area contributed by atoms with E-state index >= 15 is 0 Å². The Hall–Kier alpha value is -1.28. The molecular formula is C10H11F3N2O2S. The molecule has 8 heteroatoms. The van der Waals surface area contributed by atoms with Crippen molar-refractivity contribution in [2.24, 2.45) is 0 Å². The molecule has 0 saturated heterocycles. The molecule has 100 valence electrons. The van der Waals surface area contributed by atoms with E-state index in [1.165, 1.54) is 0 Å². The number of alkyl halides is 3. The van der Waals surface area contributed by atoms with Gasteiger partial charge in [0.05, 0.1) is 0 Å². The van der Waals surface area contributed by atoms with Crippen LogP contribution in [0.4, 0.5) is 18.9 Å². The number of halogens is 3. The molecule has 0 unspecified atom stereocenters. The zero-order valence-corrected chi connectivity index (χ0v) is 10.1. The predicted molar refractivity (Wildman–Crippen MR) is 59.9 cm³/mol. The first kappa shape index (κ1) is 13.2. The van der Waals surface area contributed by atoms with Crippen molar-refractivity contribution in [3.05, 3.63) is 29.3 Å². The summed E-state index contributed by atoms with van der Waals surface area (Å²) in [5.74, 6) is 0. The second-order valence-corrected chi connectivity index (χ2v) is 5.95. The van der Waals surface area contributed by atoms with Crippen LogP contribution in [0.25, 0.3) is 0 Å². The normalized spacial score (nSPS) is 17.5. The molecule has 0 fully saturated rings. The van der Waals surface area contributed by atoms with Gasteiger partial charge >= 0.3 is 15.5 Å². The summed E-state index contributed by atoms with van der Waals surface area (Å²) in [5.41, 5.74) is 2.17. The number of rotatable bonds is 1. The van der Waals surface area contributed by atoms with Gasteiger partial charge in [-0.1, -0.05) is 12.1 Å². The minimum Gasteiger partial charge on any atom is -0.398 e. The van der Waals surface area contributed by atoms with E-state index in [-0.39, 0.29) is 19.5 Å². The van der Waals surface area contributed by atoms with Gasteiger partial charge in [-0.2, -0.15) is 17.5 Å². The van der Waals surface area contributed by atoms with Crippen molar-refractivity contribution in [3.63, 3.8) is 0 Å². The Kier molecular flexibility index (Phi) is 3.02. The Morgan fingerprint density at radius 3 is 2.56 bits per heavy atom. The second-order valence-electron chi connectivity index (χ2n) is 4.02. The van der Waals surface area contributed by atoms with Gasteiger partial charge in [0.2, 0.25) is 0 Å². The monoisotopic (exact) mass is 280 g/mol. The molecule has 0 amide bonds. The van der Waals surface area contributed by atoms with Crippen molar-refractivity contribution in [2.75, 3.05) is 12.3 Å². The lowest BCUT2D eigenvalue weighted by molar-refractivity contribution is -0.0492. The Labute approximate surface area is 102 Å². The van der Waals surface area contributed by atoms with Crippen molar-refractivity contribution in [1.82, 2.24) is 4.31 Å². The summed E-state index contributed by atoms with van der Waals surface area (Å²) in [7, 11) is -5.26. The van der Waals surface area contributed by atoms with E-state index in [0.29, 0.717) is 15.6 Å². The van der Waals surface area contributed by atoms with Gasteiger partial charge in [-0.15, -0.1) is 0 Å². The molecule has 0 bridgehead atoms. The maximum absolute atomic E-state index is 12.4. The standard InChI is InChI=1S/C10H11F3N2O2S/c11-10(12,13)18(16,17)15-5-4-8-7(6-15)2-1-3-9(8)14/h1-3H,4-6,14H2. The van der Waals surface area contributed by atoms with Crippen LogP contribution in [0.1, 0.15) is 11.1 Å². The highest BCUT2D eigenvalue weighted by molar-refractivity contribution is 7.89. The number of nitrogens with two attached hydrogens (primary N) is 1. The quantitative estimate of drug-likeness (QED) is 0.792. The minimum atomic E-state index is -5.26. The fraction of sp³-hybridized carbons (Fsp3) is 0.400. The molecule has 0 radical (unpaired) electrons. The number of sulfonamides is 1. The number of fused-ring (bicyclic) bond motifs is 1. The molecule has 0 aromatic heterocycles. The minimum absolute atomic E-state index is 0.192. The molecule has 1 aliphatic heterocycles. The highest BCUT2D eigenvalue weighted by atomic mass is 32.2. The smallest absolute Gasteiger partial charge is 0.398 e. The van der Waals surface area contributed by atoms with Crippen molar-refractivity contribution in [3.8, 4) is 0 Å². The molecule has 0 aliphatic carbocycles. The summed E-state index contributed by atoms with van der Waals surface area (Å²) in [6, 6.07) is 4.83. The van der Waals surface area contributed by atoms with Crippen molar-refractivity contribution < 1.29 is 21.6 Å².